The lowest BCUT2D eigenvalue weighted by Gasteiger charge is -2.11. The van der Waals surface area contributed by atoms with Gasteiger partial charge >= 0.3 is 0 Å². The van der Waals surface area contributed by atoms with Gasteiger partial charge in [0.05, 0.1) is 5.75 Å². The van der Waals surface area contributed by atoms with Gasteiger partial charge in [0, 0.05) is 11.6 Å². The van der Waals surface area contributed by atoms with Crippen LogP contribution in [0.1, 0.15) is 23.9 Å². The first kappa shape index (κ1) is 20.6. The molecule has 148 valence electrons. The molecule has 2 aromatic heterocycles. The molecule has 2 heterocycles. The van der Waals surface area contributed by atoms with E-state index in [9.17, 15) is 4.79 Å². The van der Waals surface area contributed by atoms with Gasteiger partial charge in [0.25, 0.3) is 0 Å². The van der Waals surface area contributed by atoms with E-state index in [-0.39, 0.29) is 18.3 Å². The van der Waals surface area contributed by atoms with E-state index < -0.39 is 0 Å². The highest BCUT2D eigenvalue weighted by atomic mass is 35.5. The Morgan fingerprint density at radius 2 is 2.04 bits per heavy atom. The number of aryl methyl sites for hydroxylation is 2. The largest absolute Gasteiger partial charge is 0.486 e. The Hall–Kier alpha value is -2.17. The number of anilines is 1. The number of nitrogens with zero attached hydrogens (tertiary/aromatic N) is 5. The molecule has 0 aliphatic carbocycles. The SMILES string of the molecule is CCn1c(COc2cc(C)c(Cl)c(C)c2)nnc1SCC(=O)Nc1nncs1. The smallest absolute Gasteiger partial charge is 0.236 e. The number of nitrogens with one attached hydrogen (secondary N) is 1. The third-order valence-corrected chi connectivity index (χ3v) is 6.00. The van der Waals surface area contributed by atoms with E-state index in [1.54, 1.807) is 5.51 Å². The molecule has 1 aromatic carbocycles. The lowest BCUT2D eigenvalue weighted by Crippen LogP contribution is -2.14. The zero-order valence-electron chi connectivity index (χ0n) is 15.6. The summed E-state index contributed by atoms with van der Waals surface area (Å²) in [5.41, 5.74) is 3.49. The number of hydrogen-bond acceptors (Lipinski definition) is 8. The van der Waals surface area contributed by atoms with Crippen LogP contribution >= 0.6 is 34.7 Å². The van der Waals surface area contributed by atoms with Gasteiger partial charge in [-0.2, -0.15) is 0 Å². The Balaban J connectivity index is 1.61. The highest BCUT2D eigenvalue weighted by Crippen LogP contribution is 2.26. The van der Waals surface area contributed by atoms with Gasteiger partial charge in [-0.05, 0) is 44.0 Å². The van der Waals surface area contributed by atoms with Gasteiger partial charge in [0.15, 0.2) is 11.0 Å². The number of thioether (sulfide) groups is 1. The second-order valence-corrected chi connectivity index (χ2v) is 8.04. The summed E-state index contributed by atoms with van der Waals surface area (Å²) >= 11 is 8.78. The monoisotopic (exact) mass is 438 g/mol. The number of halogens is 1. The van der Waals surface area contributed by atoms with Crippen molar-refractivity contribution < 1.29 is 9.53 Å². The number of carbonyl (C=O) groups is 1. The van der Waals surface area contributed by atoms with Crippen molar-refractivity contribution in [1.29, 1.82) is 0 Å². The zero-order chi connectivity index (χ0) is 20.1. The van der Waals surface area contributed by atoms with Crippen molar-refractivity contribution in [3.05, 3.63) is 39.6 Å². The average Bonchev–Trinajstić information content (AvgIpc) is 3.31. The van der Waals surface area contributed by atoms with Crippen molar-refractivity contribution in [3.8, 4) is 5.75 Å². The summed E-state index contributed by atoms with van der Waals surface area (Å²) in [6.07, 6.45) is 0. The topological polar surface area (TPSA) is 94.8 Å². The predicted octanol–water partition coefficient (Wildman–Crippen LogP) is 3.73. The molecule has 1 amide bonds. The van der Waals surface area contributed by atoms with E-state index >= 15 is 0 Å². The van der Waals surface area contributed by atoms with Crippen LogP contribution in [-0.2, 0) is 17.9 Å². The summed E-state index contributed by atoms with van der Waals surface area (Å²) in [5.74, 6) is 1.46. The molecule has 0 aliphatic rings. The van der Waals surface area contributed by atoms with Crippen LogP contribution in [-0.4, -0.2) is 36.6 Å². The van der Waals surface area contributed by atoms with Crippen LogP contribution < -0.4 is 10.1 Å². The van der Waals surface area contributed by atoms with Crippen molar-refractivity contribution in [1.82, 2.24) is 25.0 Å². The molecule has 0 saturated carbocycles. The molecule has 3 rings (SSSR count). The zero-order valence-corrected chi connectivity index (χ0v) is 18.0. The van der Waals surface area contributed by atoms with Gasteiger partial charge in [0.1, 0.15) is 17.9 Å². The lowest BCUT2D eigenvalue weighted by molar-refractivity contribution is -0.113. The molecule has 11 heteroatoms. The standard InChI is InChI=1S/C17H19ClN6O2S2/c1-4-24-13(7-26-12-5-10(2)15(18)11(3)6-12)21-23-17(24)27-8-14(25)20-16-22-19-9-28-16/h5-6,9H,4,7-8H2,1-3H3,(H,20,22,25). The van der Waals surface area contributed by atoms with Crippen LogP contribution in [0.4, 0.5) is 5.13 Å². The van der Waals surface area contributed by atoms with Gasteiger partial charge in [-0.25, -0.2) is 0 Å². The highest BCUT2D eigenvalue weighted by Gasteiger charge is 2.15. The predicted molar refractivity (Wildman–Crippen MR) is 110 cm³/mol. The minimum absolute atomic E-state index is 0.169. The molecule has 1 N–H and O–H groups in total. The van der Waals surface area contributed by atoms with Gasteiger partial charge in [0.2, 0.25) is 11.0 Å². The maximum Gasteiger partial charge on any atom is 0.236 e. The van der Waals surface area contributed by atoms with Crippen LogP contribution in [0.2, 0.25) is 5.02 Å². The minimum atomic E-state index is -0.169. The lowest BCUT2D eigenvalue weighted by atomic mass is 10.1. The Bertz CT molecular complexity index is 938. The summed E-state index contributed by atoms with van der Waals surface area (Å²) in [6, 6.07) is 3.80. The van der Waals surface area contributed by atoms with E-state index in [2.05, 4.69) is 25.7 Å². The second-order valence-electron chi connectivity index (χ2n) is 5.88. The molecule has 28 heavy (non-hydrogen) atoms. The van der Waals surface area contributed by atoms with Crippen molar-refractivity contribution >= 4 is 45.7 Å². The fourth-order valence-corrected chi connectivity index (χ4v) is 3.89. The van der Waals surface area contributed by atoms with Crippen LogP contribution in [0.5, 0.6) is 5.75 Å². The minimum Gasteiger partial charge on any atom is -0.486 e. The fraction of sp³-hybridized carbons (Fsp3) is 0.353. The first-order chi connectivity index (χ1) is 13.5. The van der Waals surface area contributed by atoms with Gasteiger partial charge in [-0.15, -0.1) is 20.4 Å². The summed E-state index contributed by atoms with van der Waals surface area (Å²) < 4.78 is 7.81. The summed E-state index contributed by atoms with van der Waals surface area (Å²) in [5, 5.41) is 20.4. The molecule has 0 bridgehead atoms. The Morgan fingerprint density at radius 3 is 2.68 bits per heavy atom. The molecule has 0 radical (unpaired) electrons. The number of benzene rings is 1. The third-order valence-electron chi connectivity index (χ3n) is 3.83. The molecule has 0 saturated heterocycles. The molecular weight excluding hydrogens is 420 g/mol. The van der Waals surface area contributed by atoms with Crippen molar-refractivity contribution in [3.63, 3.8) is 0 Å². The fourth-order valence-electron chi connectivity index (χ4n) is 2.50. The summed E-state index contributed by atoms with van der Waals surface area (Å²) in [7, 11) is 0. The van der Waals surface area contributed by atoms with Crippen LogP contribution in [0.15, 0.2) is 22.8 Å². The maximum absolute atomic E-state index is 12.0. The van der Waals surface area contributed by atoms with E-state index in [0.29, 0.717) is 22.7 Å². The Kier molecular flexibility index (Phi) is 6.87. The highest BCUT2D eigenvalue weighted by molar-refractivity contribution is 7.99. The molecule has 0 fully saturated rings. The Labute approximate surface area is 175 Å². The number of ether oxygens (including phenoxy) is 1. The number of aromatic nitrogens is 5. The van der Waals surface area contributed by atoms with E-state index in [0.717, 1.165) is 21.9 Å². The molecule has 0 aliphatic heterocycles. The van der Waals surface area contributed by atoms with E-state index in [1.165, 1.54) is 23.1 Å². The van der Waals surface area contributed by atoms with Crippen molar-refractivity contribution in [2.24, 2.45) is 0 Å². The van der Waals surface area contributed by atoms with Gasteiger partial charge < -0.3 is 9.30 Å². The molecule has 0 spiro atoms. The van der Waals surface area contributed by atoms with Crippen LogP contribution in [0, 0.1) is 13.8 Å². The average molecular weight is 439 g/mol. The molecule has 0 unspecified atom stereocenters. The first-order valence-corrected chi connectivity index (χ1v) is 10.7. The van der Waals surface area contributed by atoms with Gasteiger partial charge in [-0.3, -0.25) is 10.1 Å². The number of amides is 1. The van der Waals surface area contributed by atoms with Crippen LogP contribution in [0.25, 0.3) is 0 Å². The molecule has 8 nitrogen and oxygen atoms in total. The molecule has 3 aromatic rings. The first-order valence-electron chi connectivity index (χ1n) is 8.48. The molecular formula is C17H19ClN6O2S2. The second kappa shape index (κ2) is 9.35. The summed E-state index contributed by atoms with van der Waals surface area (Å²) in [4.78, 5) is 12.0. The third kappa shape index (κ3) is 5.00. The van der Waals surface area contributed by atoms with Gasteiger partial charge in [-0.1, -0.05) is 34.7 Å². The van der Waals surface area contributed by atoms with E-state index in [4.69, 9.17) is 16.3 Å². The molecule has 0 atom stereocenters. The number of rotatable bonds is 8. The normalized spacial score (nSPS) is 10.9. The Morgan fingerprint density at radius 1 is 1.29 bits per heavy atom. The summed E-state index contributed by atoms with van der Waals surface area (Å²) in [6.45, 7) is 6.83. The van der Waals surface area contributed by atoms with Crippen molar-refractivity contribution in [2.75, 3.05) is 11.1 Å². The number of hydrogen-bond donors (Lipinski definition) is 1. The maximum atomic E-state index is 12.0. The quantitative estimate of drug-likeness (QED) is 0.535. The number of carbonyl (C=O) groups excluding carboxylic acids is 1. The van der Waals surface area contributed by atoms with E-state index in [1.807, 2.05) is 37.5 Å². The van der Waals surface area contributed by atoms with Crippen LogP contribution in [0.3, 0.4) is 0 Å². The van der Waals surface area contributed by atoms with Crippen molar-refractivity contribution in [2.45, 2.75) is 39.1 Å².